The molecule has 0 saturated heterocycles. The SMILES string of the molecule is Cc1cn(CC(C)C(C)(C)C)c(Nc2ccccc2)n1. The minimum absolute atomic E-state index is 0.294. The van der Waals surface area contributed by atoms with Crippen LogP contribution in [-0.2, 0) is 6.54 Å². The van der Waals surface area contributed by atoms with E-state index < -0.39 is 0 Å². The molecular weight excluding hydrogens is 246 g/mol. The number of hydrogen-bond acceptors (Lipinski definition) is 2. The average molecular weight is 271 g/mol. The molecule has 0 aliphatic rings. The van der Waals surface area contributed by atoms with Gasteiger partial charge in [-0.25, -0.2) is 4.98 Å². The first-order valence-corrected chi connectivity index (χ1v) is 7.22. The molecule has 0 saturated carbocycles. The minimum atomic E-state index is 0.294. The Morgan fingerprint density at radius 1 is 1.20 bits per heavy atom. The first kappa shape index (κ1) is 14.6. The third-order valence-corrected chi connectivity index (χ3v) is 3.88. The molecule has 1 atom stereocenters. The molecule has 108 valence electrons. The predicted molar refractivity (Wildman–Crippen MR) is 85.3 cm³/mol. The highest BCUT2D eigenvalue weighted by molar-refractivity contribution is 5.53. The molecule has 3 nitrogen and oxygen atoms in total. The lowest BCUT2D eigenvalue weighted by atomic mass is 9.82. The smallest absolute Gasteiger partial charge is 0.207 e. The van der Waals surface area contributed by atoms with Gasteiger partial charge in [0.1, 0.15) is 0 Å². The molecule has 0 radical (unpaired) electrons. The van der Waals surface area contributed by atoms with E-state index in [9.17, 15) is 0 Å². The van der Waals surface area contributed by atoms with Crippen LogP contribution in [0.25, 0.3) is 0 Å². The Morgan fingerprint density at radius 2 is 1.85 bits per heavy atom. The zero-order valence-corrected chi connectivity index (χ0v) is 13.1. The summed E-state index contributed by atoms with van der Waals surface area (Å²) >= 11 is 0. The molecule has 1 aromatic carbocycles. The number of nitrogens with one attached hydrogen (secondary N) is 1. The predicted octanol–water partition coefficient (Wildman–Crippen LogP) is 4.62. The quantitative estimate of drug-likeness (QED) is 0.879. The van der Waals surface area contributed by atoms with Crippen LogP contribution in [0.15, 0.2) is 36.5 Å². The number of para-hydroxylation sites is 1. The molecule has 2 rings (SSSR count). The molecule has 0 fully saturated rings. The van der Waals surface area contributed by atoms with Gasteiger partial charge >= 0.3 is 0 Å². The van der Waals surface area contributed by atoms with Crippen molar-refractivity contribution in [3.05, 3.63) is 42.2 Å². The van der Waals surface area contributed by atoms with Crippen LogP contribution in [0.3, 0.4) is 0 Å². The van der Waals surface area contributed by atoms with Crippen molar-refractivity contribution in [3.8, 4) is 0 Å². The van der Waals surface area contributed by atoms with Gasteiger partial charge < -0.3 is 9.88 Å². The lowest BCUT2D eigenvalue weighted by Crippen LogP contribution is -2.22. The number of hydrogen-bond donors (Lipinski definition) is 1. The molecule has 3 heteroatoms. The Kier molecular flexibility index (Phi) is 4.17. The largest absolute Gasteiger partial charge is 0.326 e. The van der Waals surface area contributed by atoms with E-state index in [0.717, 1.165) is 23.9 Å². The third kappa shape index (κ3) is 3.62. The number of rotatable bonds is 4. The van der Waals surface area contributed by atoms with Crippen molar-refractivity contribution in [1.82, 2.24) is 9.55 Å². The minimum Gasteiger partial charge on any atom is -0.326 e. The molecule has 1 N–H and O–H groups in total. The van der Waals surface area contributed by atoms with Crippen molar-refractivity contribution in [2.45, 2.75) is 41.2 Å². The second kappa shape index (κ2) is 5.70. The van der Waals surface area contributed by atoms with Gasteiger partial charge in [-0.3, -0.25) is 0 Å². The fraction of sp³-hybridized carbons (Fsp3) is 0.471. The Morgan fingerprint density at radius 3 is 2.45 bits per heavy atom. The zero-order chi connectivity index (χ0) is 14.8. The summed E-state index contributed by atoms with van der Waals surface area (Å²) in [6.45, 7) is 12.2. The van der Waals surface area contributed by atoms with Gasteiger partial charge in [0.2, 0.25) is 5.95 Å². The van der Waals surface area contributed by atoms with Gasteiger partial charge in [-0.15, -0.1) is 0 Å². The Balaban J connectivity index is 2.18. The standard InChI is InChI=1S/C17H25N3/c1-13(17(3,4)5)11-20-12-14(2)18-16(20)19-15-9-7-6-8-10-15/h6-10,12-13H,11H2,1-5H3,(H,18,19). The van der Waals surface area contributed by atoms with Crippen LogP contribution in [0.5, 0.6) is 0 Å². The summed E-state index contributed by atoms with van der Waals surface area (Å²) in [6.07, 6.45) is 2.12. The van der Waals surface area contributed by atoms with E-state index >= 15 is 0 Å². The van der Waals surface area contributed by atoms with Gasteiger partial charge in [0.25, 0.3) is 0 Å². The molecule has 1 aromatic heterocycles. The van der Waals surface area contributed by atoms with E-state index in [4.69, 9.17) is 0 Å². The summed E-state index contributed by atoms with van der Waals surface area (Å²) in [4.78, 5) is 4.59. The van der Waals surface area contributed by atoms with Crippen molar-refractivity contribution in [2.24, 2.45) is 11.3 Å². The van der Waals surface area contributed by atoms with E-state index in [1.165, 1.54) is 0 Å². The van der Waals surface area contributed by atoms with Crippen LogP contribution < -0.4 is 5.32 Å². The summed E-state index contributed by atoms with van der Waals surface area (Å²) < 4.78 is 2.22. The molecule has 0 spiro atoms. The fourth-order valence-electron chi connectivity index (χ4n) is 2.01. The Labute approximate surface area is 122 Å². The van der Waals surface area contributed by atoms with Crippen molar-refractivity contribution in [2.75, 3.05) is 5.32 Å². The maximum atomic E-state index is 4.59. The van der Waals surface area contributed by atoms with Crippen molar-refractivity contribution < 1.29 is 0 Å². The molecular formula is C17H25N3. The summed E-state index contributed by atoms with van der Waals surface area (Å²) in [7, 11) is 0. The molecule has 0 bridgehead atoms. The van der Waals surface area contributed by atoms with E-state index in [1.54, 1.807) is 0 Å². The second-order valence-corrected chi connectivity index (χ2v) is 6.62. The number of aryl methyl sites for hydroxylation is 1. The highest BCUT2D eigenvalue weighted by Gasteiger charge is 2.21. The molecule has 20 heavy (non-hydrogen) atoms. The van der Waals surface area contributed by atoms with Crippen molar-refractivity contribution in [1.29, 1.82) is 0 Å². The summed E-state index contributed by atoms with van der Waals surface area (Å²) in [5.41, 5.74) is 2.41. The Bertz CT molecular complexity index is 549. The topological polar surface area (TPSA) is 29.9 Å². The molecule has 1 heterocycles. The monoisotopic (exact) mass is 271 g/mol. The summed E-state index contributed by atoms with van der Waals surface area (Å²) in [5.74, 6) is 1.50. The number of anilines is 2. The van der Waals surface area contributed by atoms with E-state index in [1.807, 2.05) is 25.1 Å². The van der Waals surface area contributed by atoms with Crippen molar-refractivity contribution in [3.63, 3.8) is 0 Å². The average Bonchev–Trinajstić information content (AvgIpc) is 2.69. The lowest BCUT2D eigenvalue weighted by molar-refractivity contribution is 0.234. The van der Waals surface area contributed by atoms with Crippen LogP contribution >= 0.6 is 0 Å². The third-order valence-electron chi connectivity index (χ3n) is 3.88. The van der Waals surface area contributed by atoms with E-state index in [-0.39, 0.29) is 0 Å². The van der Waals surface area contributed by atoms with Crippen LogP contribution in [0.2, 0.25) is 0 Å². The van der Waals surface area contributed by atoms with Gasteiger partial charge in [-0.05, 0) is 30.4 Å². The van der Waals surface area contributed by atoms with Gasteiger partial charge in [0, 0.05) is 18.4 Å². The second-order valence-electron chi connectivity index (χ2n) is 6.62. The molecule has 1 unspecified atom stereocenters. The fourth-order valence-corrected chi connectivity index (χ4v) is 2.01. The summed E-state index contributed by atoms with van der Waals surface area (Å²) in [6, 6.07) is 10.2. The van der Waals surface area contributed by atoms with Crippen LogP contribution in [-0.4, -0.2) is 9.55 Å². The van der Waals surface area contributed by atoms with Gasteiger partial charge in [-0.1, -0.05) is 45.9 Å². The first-order valence-electron chi connectivity index (χ1n) is 7.22. The van der Waals surface area contributed by atoms with E-state index in [2.05, 4.69) is 60.9 Å². The van der Waals surface area contributed by atoms with Gasteiger partial charge in [0.05, 0.1) is 5.69 Å². The molecule has 0 aliphatic carbocycles. The summed E-state index contributed by atoms with van der Waals surface area (Å²) in [5, 5.41) is 3.40. The highest BCUT2D eigenvalue weighted by atomic mass is 15.2. The number of nitrogens with zero attached hydrogens (tertiary/aromatic N) is 2. The van der Waals surface area contributed by atoms with E-state index in [0.29, 0.717) is 11.3 Å². The number of benzene rings is 1. The van der Waals surface area contributed by atoms with Crippen molar-refractivity contribution >= 4 is 11.6 Å². The zero-order valence-electron chi connectivity index (χ0n) is 13.1. The number of imidazole rings is 1. The molecule has 0 aliphatic heterocycles. The van der Waals surface area contributed by atoms with Crippen LogP contribution in [0.1, 0.15) is 33.4 Å². The normalized spacial score (nSPS) is 13.2. The Hall–Kier alpha value is -1.77. The van der Waals surface area contributed by atoms with Crippen LogP contribution in [0, 0.1) is 18.3 Å². The highest BCUT2D eigenvalue weighted by Crippen LogP contribution is 2.28. The first-order chi connectivity index (χ1) is 9.36. The van der Waals surface area contributed by atoms with Gasteiger partial charge in [-0.2, -0.15) is 0 Å². The molecule has 0 amide bonds. The number of aromatic nitrogens is 2. The van der Waals surface area contributed by atoms with Gasteiger partial charge in [0.15, 0.2) is 0 Å². The molecule has 2 aromatic rings. The maximum Gasteiger partial charge on any atom is 0.207 e. The lowest BCUT2D eigenvalue weighted by Gasteiger charge is -2.28. The maximum absolute atomic E-state index is 4.59. The van der Waals surface area contributed by atoms with Crippen LogP contribution in [0.4, 0.5) is 11.6 Å².